The second kappa shape index (κ2) is 6.65. The molecule has 2 aromatic rings. The van der Waals surface area contributed by atoms with E-state index in [1.807, 2.05) is 18.2 Å². The van der Waals surface area contributed by atoms with E-state index >= 15 is 0 Å². The minimum atomic E-state index is -0.265. The van der Waals surface area contributed by atoms with Crippen LogP contribution in [0.4, 0.5) is 0 Å². The van der Waals surface area contributed by atoms with Crippen molar-refractivity contribution in [1.82, 2.24) is 5.32 Å². The van der Waals surface area contributed by atoms with E-state index in [-0.39, 0.29) is 18.1 Å². The summed E-state index contributed by atoms with van der Waals surface area (Å²) in [6.45, 7) is 4.85. The van der Waals surface area contributed by atoms with E-state index in [0.717, 1.165) is 21.5 Å². The Bertz CT molecular complexity index is 792. The Kier molecular flexibility index (Phi) is 4.74. The van der Waals surface area contributed by atoms with E-state index in [2.05, 4.69) is 35.1 Å². The Labute approximate surface area is 154 Å². The van der Waals surface area contributed by atoms with Crippen molar-refractivity contribution in [1.29, 1.82) is 0 Å². The monoisotopic (exact) mass is 409 g/mol. The molecule has 6 heteroatoms. The predicted octanol–water partition coefficient (Wildman–Crippen LogP) is 4.54. The SMILES string of the molecule is CC(C)(CNC(=O)c1ccc(Br)cc1Cl)c1ccc2c(c1)OCO2. The lowest BCUT2D eigenvalue weighted by Crippen LogP contribution is -2.36. The van der Waals surface area contributed by atoms with E-state index < -0.39 is 0 Å². The number of carbonyl (C=O) groups excluding carboxylic acids is 1. The van der Waals surface area contributed by atoms with Gasteiger partial charge in [0, 0.05) is 16.4 Å². The molecule has 1 amide bonds. The van der Waals surface area contributed by atoms with Crippen LogP contribution in [0.5, 0.6) is 11.5 Å². The summed E-state index contributed by atoms with van der Waals surface area (Å²) in [5, 5.41) is 3.37. The molecule has 0 fully saturated rings. The van der Waals surface area contributed by atoms with E-state index in [4.69, 9.17) is 21.1 Å². The van der Waals surface area contributed by atoms with Crippen molar-refractivity contribution in [3.63, 3.8) is 0 Å². The van der Waals surface area contributed by atoms with E-state index in [9.17, 15) is 4.79 Å². The first-order chi connectivity index (χ1) is 11.4. The quantitative estimate of drug-likeness (QED) is 0.805. The van der Waals surface area contributed by atoms with Gasteiger partial charge >= 0.3 is 0 Å². The minimum absolute atomic E-state index is 0.193. The van der Waals surface area contributed by atoms with Gasteiger partial charge in [-0.25, -0.2) is 0 Å². The van der Waals surface area contributed by atoms with Gasteiger partial charge in [-0.3, -0.25) is 4.79 Å². The number of fused-ring (bicyclic) bond motifs is 1. The molecule has 24 heavy (non-hydrogen) atoms. The van der Waals surface area contributed by atoms with Crippen molar-refractivity contribution >= 4 is 33.4 Å². The summed E-state index contributed by atoms with van der Waals surface area (Å²) in [6, 6.07) is 11.1. The van der Waals surface area contributed by atoms with Gasteiger partial charge in [0.05, 0.1) is 10.6 Å². The largest absolute Gasteiger partial charge is 0.454 e. The summed E-state index contributed by atoms with van der Waals surface area (Å²) in [6.07, 6.45) is 0. The molecule has 0 radical (unpaired) electrons. The average Bonchev–Trinajstić information content (AvgIpc) is 3.00. The van der Waals surface area contributed by atoms with Crippen LogP contribution in [0.15, 0.2) is 40.9 Å². The number of nitrogens with one attached hydrogen (secondary N) is 1. The lowest BCUT2D eigenvalue weighted by molar-refractivity contribution is 0.0946. The zero-order valence-electron chi connectivity index (χ0n) is 13.4. The molecule has 0 saturated carbocycles. The summed E-state index contributed by atoms with van der Waals surface area (Å²) in [5.74, 6) is 1.30. The van der Waals surface area contributed by atoms with Crippen LogP contribution in [0.1, 0.15) is 29.8 Å². The van der Waals surface area contributed by atoms with Crippen LogP contribution in [0.25, 0.3) is 0 Å². The Morgan fingerprint density at radius 2 is 1.96 bits per heavy atom. The molecular weight excluding hydrogens is 394 g/mol. The molecule has 1 aliphatic rings. The lowest BCUT2D eigenvalue weighted by atomic mass is 9.84. The summed E-state index contributed by atoms with van der Waals surface area (Å²) in [7, 11) is 0. The molecule has 126 valence electrons. The standard InChI is InChI=1S/C18H17BrClNO3/c1-18(2,11-3-6-15-16(7-11)24-10-23-15)9-21-17(22)13-5-4-12(19)8-14(13)20/h3-8H,9-10H2,1-2H3,(H,21,22). The molecule has 4 nitrogen and oxygen atoms in total. The first-order valence-electron chi connectivity index (χ1n) is 7.50. The van der Waals surface area contributed by atoms with Crippen LogP contribution in [0.3, 0.4) is 0 Å². The van der Waals surface area contributed by atoms with Crippen molar-refractivity contribution in [2.24, 2.45) is 0 Å². The van der Waals surface area contributed by atoms with Crippen LogP contribution >= 0.6 is 27.5 Å². The smallest absolute Gasteiger partial charge is 0.252 e. The van der Waals surface area contributed by atoms with Gasteiger partial charge in [0.2, 0.25) is 6.79 Å². The van der Waals surface area contributed by atoms with Crippen molar-refractivity contribution < 1.29 is 14.3 Å². The molecule has 0 aromatic heterocycles. The maximum absolute atomic E-state index is 12.4. The van der Waals surface area contributed by atoms with Gasteiger partial charge in [0.15, 0.2) is 11.5 Å². The Morgan fingerprint density at radius 1 is 1.21 bits per heavy atom. The maximum Gasteiger partial charge on any atom is 0.252 e. The second-order valence-corrected chi connectivity index (χ2v) is 7.58. The van der Waals surface area contributed by atoms with Gasteiger partial charge in [-0.15, -0.1) is 0 Å². The van der Waals surface area contributed by atoms with Gasteiger partial charge in [0.25, 0.3) is 5.91 Å². The van der Waals surface area contributed by atoms with Crippen molar-refractivity contribution in [2.75, 3.05) is 13.3 Å². The van der Waals surface area contributed by atoms with E-state index in [0.29, 0.717) is 17.1 Å². The number of halogens is 2. The normalized spacial score (nSPS) is 13.0. The molecular formula is C18H17BrClNO3. The molecule has 0 bridgehead atoms. The number of benzene rings is 2. The summed E-state index contributed by atoms with van der Waals surface area (Å²) in [4.78, 5) is 12.4. The molecule has 0 aliphatic carbocycles. The minimum Gasteiger partial charge on any atom is -0.454 e. The summed E-state index contributed by atoms with van der Waals surface area (Å²) in [5.41, 5.74) is 1.26. The topological polar surface area (TPSA) is 47.6 Å². The molecule has 3 rings (SSSR count). The fourth-order valence-electron chi connectivity index (χ4n) is 2.49. The van der Waals surface area contributed by atoms with Crippen LogP contribution < -0.4 is 14.8 Å². The number of carbonyl (C=O) groups is 1. The Hall–Kier alpha value is -1.72. The highest BCUT2D eigenvalue weighted by molar-refractivity contribution is 9.10. The first kappa shape index (κ1) is 17.1. The fourth-order valence-corrected chi connectivity index (χ4v) is 3.25. The van der Waals surface area contributed by atoms with Crippen molar-refractivity contribution in [2.45, 2.75) is 19.3 Å². The van der Waals surface area contributed by atoms with Crippen LogP contribution in [-0.2, 0) is 5.41 Å². The lowest BCUT2D eigenvalue weighted by Gasteiger charge is -2.26. The second-order valence-electron chi connectivity index (χ2n) is 6.26. The highest BCUT2D eigenvalue weighted by atomic mass is 79.9. The molecule has 0 unspecified atom stereocenters. The van der Waals surface area contributed by atoms with Crippen LogP contribution in [-0.4, -0.2) is 19.2 Å². The molecule has 0 saturated heterocycles. The number of amides is 1. The third-order valence-electron chi connectivity index (χ3n) is 4.02. The maximum atomic E-state index is 12.4. The van der Waals surface area contributed by atoms with Gasteiger partial charge in [-0.2, -0.15) is 0 Å². The zero-order valence-corrected chi connectivity index (χ0v) is 15.7. The predicted molar refractivity (Wildman–Crippen MR) is 97.1 cm³/mol. The Balaban J connectivity index is 1.71. The summed E-state index contributed by atoms with van der Waals surface area (Å²) >= 11 is 9.47. The molecule has 1 heterocycles. The van der Waals surface area contributed by atoms with Gasteiger partial charge < -0.3 is 14.8 Å². The number of rotatable bonds is 4. The highest BCUT2D eigenvalue weighted by Gasteiger charge is 2.25. The number of ether oxygens (including phenoxy) is 2. The van der Waals surface area contributed by atoms with Crippen molar-refractivity contribution in [3.05, 3.63) is 57.0 Å². The summed E-state index contributed by atoms with van der Waals surface area (Å²) < 4.78 is 11.6. The molecule has 2 aromatic carbocycles. The zero-order chi connectivity index (χ0) is 17.3. The Morgan fingerprint density at radius 3 is 2.71 bits per heavy atom. The fraction of sp³-hybridized carbons (Fsp3) is 0.278. The van der Waals surface area contributed by atoms with E-state index in [1.54, 1.807) is 18.2 Å². The van der Waals surface area contributed by atoms with Gasteiger partial charge in [-0.05, 0) is 35.9 Å². The third-order valence-corrected chi connectivity index (χ3v) is 4.83. The average molecular weight is 411 g/mol. The number of hydrogen-bond donors (Lipinski definition) is 1. The number of hydrogen-bond acceptors (Lipinski definition) is 3. The van der Waals surface area contributed by atoms with Crippen LogP contribution in [0.2, 0.25) is 5.02 Å². The molecule has 1 N–H and O–H groups in total. The highest BCUT2D eigenvalue weighted by Crippen LogP contribution is 2.36. The van der Waals surface area contributed by atoms with Crippen molar-refractivity contribution in [3.8, 4) is 11.5 Å². The van der Waals surface area contributed by atoms with Gasteiger partial charge in [0.1, 0.15) is 0 Å². The molecule has 0 spiro atoms. The van der Waals surface area contributed by atoms with E-state index in [1.165, 1.54) is 0 Å². The third kappa shape index (κ3) is 3.52. The van der Waals surface area contributed by atoms with Gasteiger partial charge in [-0.1, -0.05) is 47.4 Å². The van der Waals surface area contributed by atoms with Crippen LogP contribution in [0, 0.1) is 0 Å². The molecule has 1 aliphatic heterocycles. The molecule has 0 atom stereocenters. The first-order valence-corrected chi connectivity index (χ1v) is 8.67.